The molecule has 2 aromatic heterocycles. The molecule has 114 valence electrons. The van der Waals surface area contributed by atoms with E-state index in [0.29, 0.717) is 17.5 Å². The first-order valence-electron chi connectivity index (χ1n) is 7.11. The molecule has 6 nitrogen and oxygen atoms in total. The van der Waals surface area contributed by atoms with E-state index in [1.165, 1.54) is 0 Å². The molecular weight excluding hydrogens is 302 g/mol. The Hall–Kier alpha value is -2.34. The van der Waals surface area contributed by atoms with Crippen molar-refractivity contribution in [1.29, 1.82) is 0 Å². The number of aryl methyl sites for hydroxylation is 1. The highest BCUT2D eigenvalue weighted by molar-refractivity contribution is 6.30. The smallest absolute Gasteiger partial charge is 0.243 e. The van der Waals surface area contributed by atoms with Crippen LogP contribution >= 0.6 is 11.6 Å². The van der Waals surface area contributed by atoms with E-state index < -0.39 is 0 Å². The average Bonchev–Trinajstić information content (AvgIpc) is 3.15. The van der Waals surface area contributed by atoms with Crippen LogP contribution in [0.4, 0.5) is 5.95 Å². The van der Waals surface area contributed by atoms with E-state index in [4.69, 9.17) is 16.0 Å². The van der Waals surface area contributed by atoms with Gasteiger partial charge in [-0.1, -0.05) is 35.8 Å². The van der Waals surface area contributed by atoms with E-state index in [-0.39, 0.29) is 0 Å². The average molecular weight is 318 g/mol. The Kier molecular flexibility index (Phi) is 4.39. The van der Waals surface area contributed by atoms with Gasteiger partial charge in [-0.3, -0.25) is 0 Å². The summed E-state index contributed by atoms with van der Waals surface area (Å²) in [7, 11) is 0. The standard InChI is InChI=1S/C15H16ClN5O/c1-2-8-21-15(18-19-20-21)17-10-13-6-7-14(22-13)11-4-3-5-12(16)9-11/h3-7,9H,2,8,10H2,1H3,(H,17,18,20). The van der Waals surface area contributed by atoms with Crippen molar-refractivity contribution >= 4 is 17.5 Å². The Morgan fingerprint density at radius 2 is 2.18 bits per heavy atom. The lowest BCUT2D eigenvalue weighted by Gasteiger charge is -2.04. The van der Waals surface area contributed by atoms with Crippen molar-refractivity contribution < 1.29 is 4.42 Å². The summed E-state index contributed by atoms with van der Waals surface area (Å²) < 4.78 is 7.56. The van der Waals surface area contributed by atoms with Crippen LogP contribution in [-0.4, -0.2) is 20.2 Å². The number of benzene rings is 1. The van der Waals surface area contributed by atoms with Gasteiger partial charge >= 0.3 is 0 Å². The summed E-state index contributed by atoms with van der Waals surface area (Å²) in [6, 6.07) is 11.4. The molecule has 0 saturated heterocycles. The molecule has 0 bridgehead atoms. The highest BCUT2D eigenvalue weighted by Gasteiger charge is 2.08. The molecule has 3 rings (SSSR count). The number of rotatable bonds is 6. The van der Waals surface area contributed by atoms with E-state index in [1.54, 1.807) is 4.68 Å². The second-order valence-electron chi connectivity index (χ2n) is 4.86. The van der Waals surface area contributed by atoms with Crippen LogP contribution in [-0.2, 0) is 13.1 Å². The molecule has 0 amide bonds. The van der Waals surface area contributed by atoms with Gasteiger partial charge < -0.3 is 9.73 Å². The van der Waals surface area contributed by atoms with Crippen LogP contribution in [0.3, 0.4) is 0 Å². The molecule has 0 saturated carbocycles. The molecule has 0 spiro atoms. The number of furan rings is 1. The fraction of sp³-hybridized carbons (Fsp3) is 0.267. The van der Waals surface area contributed by atoms with E-state index in [2.05, 4.69) is 27.8 Å². The highest BCUT2D eigenvalue weighted by atomic mass is 35.5. The molecule has 0 aliphatic carbocycles. The molecule has 22 heavy (non-hydrogen) atoms. The van der Waals surface area contributed by atoms with E-state index in [1.807, 2.05) is 36.4 Å². The SMILES string of the molecule is CCCn1nnnc1NCc1ccc(-c2cccc(Cl)c2)o1. The Bertz CT molecular complexity index is 752. The molecule has 0 radical (unpaired) electrons. The Balaban J connectivity index is 1.68. The van der Waals surface area contributed by atoms with Gasteiger partial charge in [0.25, 0.3) is 0 Å². The van der Waals surface area contributed by atoms with Crippen molar-refractivity contribution in [3.05, 3.63) is 47.2 Å². The van der Waals surface area contributed by atoms with Crippen LogP contribution in [0.2, 0.25) is 5.02 Å². The fourth-order valence-corrected chi connectivity index (χ4v) is 2.32. The van der Waals surface area contributed by atoms with Gasteiger partial charge in [0, 0.05) is 17.1 Å². The monoisotopic (exact) mass is 317 g/mol. The van der Waals surface area contributed by atoms with Gasteiger partial charge in [-0.25, -0.2) is 4.68 Å². The van der Waals surface area contributed by atoms with Gasteiger partial charge in [0.2, 0.25) is 5.95 Å². The van der Waals surface area contributed by atoms with Gasteiger partial charge in [-0.05, 0) is 41.1 Å². The Labute approximate surface area is 133 Å². The van der Waals surface area contributed by atoms with E-state index in [0.717, 1.165) is 30.0 Å². The molecule has 0 aliphatic heterocycles. The van der Waals surface area contributed by atoms with E-state index >= 15 is 0 Å². The number of aromatic nitrogens is 4. The normalized spacial score (nSPS) is 10.8. The summed E-state index contributed by atoms with van der Waals surface area (Å²) >= 11 is 6.00. The topological polar surface area (TPSA) is 68.8 Å². The first kappa shape index (κ1) is 14.6. The molecule has 0 fully saturated rings. The van der Waals surface area contributed by atoms with Crippen LogP contribution in [0.5, 0.6) is 0 Å². The summed E-state index contributed by atoms with van der Waals surface area (Å²) in [5, 5.41) is 15.4. The van der Waals surface area contributed by atoms with Crippen LogP contribution < -0.4 is 5.32 Å². The largest absolute Gasteiger partial charge is 0.459 e. The molecular formula is C15H16ClN5O. The Morgan fingerprint density at radius 3 is 3.00 bits per heavy atom. The molecule has 2 heterocycles. The third-order valence-corrected chi connectivity index (χ3v) is 3.39. The van der Waals surface area contributed by atoms with Crippen molar-refractivity contribution in [1.82, 2.24) is 20.2 Å². The maximum absolute atomic E-state index is 6.00. The summed E-state index contributed by atoms with van der Waals surface area (Å²) in [4.78, 5) is 0. The molecule has 3 aromatic rings. The minimum Gasteiger partial charge on any atom is -0.459 e. The van der Waals surface area contributed by atoms with Crippen LogP contribution in [0, 0.1) is 0 Å². The molecule has 1 aromatic carbocycles. The first-order valence-corrected chi connectivity index (χ1v) is 7.48. The number of hydrogen-bond donors (Lipinski definition) is 1. The number of nitrogens with one attached hydrogen (secondary N) is 1. The third kappa shape index (κ3) is 3.28. The number of anilines is 1. The van der Waals surface area contributed by atoms with Gasteiger partial charge in [-0.2, -0.15) is 0 Å². The summed E-state index contributed by atoms with van der Waals surface area (Å²) in [5.74, 6) is 2.23. The van der Waals surface area contributed by atoms with Crippen LogP contribution in [0.15, 0.2) is 40.8 Å². The minimum atomic E-state index is 0.519. The summed E-state index contributed by atoms with van der Waals surface area (Å²) in [6.07, 6.45) is 0.972. The lowest BCUT2D eigenvalue weighted by atomic mass is 10.2. The quantitative estimate of drug-likeness (QED) is 0.752. The van der Waals surface area contributed by atoms with Crippen molar-refractivity contribution in [3.8, 4) is 11.3 Å². The second-order valence-corrected chi connectivity index (χ2v) is 5.29. The molecule has 7 heteroatoms. The lowest BCUT2D eigenvalue weighted by molar-refractivity contribution is 0.528. The zero-order chi connectivity index (χ0) is 15.4. The van der Waals surface area contributed by atoms with Crippen molar-refractivity contribution in [3.63, 3.8) is 0 Å². The second kappa shape index (κ2) is 6.62. The lowest BCUT2D eigenvalue weighted by Crippen LogP contribution is -2.08. The number of hydrogen-bond acceptors (Lipinski definition) is 5. The van der Waals surface area contributed by atoms with Crippen LogP contribution in [0.25, 0.3) is 11.3 Å². The maximum Gasteiger partial charge on any atom is 0.243 e. The maximum atomic E-state index is 6.00. The Morgan fingerprint density at radius 1 is 1.27 bits per heavy atom. The highest BCUT2D eigenvalue weighted by Crippen LogP contribution is 2.25. The van der Waals surface area contributed by atoms with Crippen molar-refractivity contribution in [2.24, 2.45) is 0 Å². The zero-order valence-electron chi connectivity index (χ0n) is 12.2. The number of tetrazole rings is 1. The number of nitrogens with zero attached hydrogens (tertiary/aromatic N) is 4. The number of halogens is 1. The third-order valence-electron chi connectivity index (χ3n) is 3.16. The molecule has 0 atom stereocenters. The minimum absolute atomic E-state index is 0.519. The summed E-state index contributed by atoms with van der Waals surface area (Å²) in [6.45, 7) is 3.38. The van der Waals surface area contributed by atoms with Crippen molar-refractivity contribution in [2.45, 2.75) is 26.4 Å². The fourth-order valence-electron chi connectivity index (χ4n) is 2.13. The zero-order valence-corrected chi connectivity index (χ0v) is 12.9. The molecule has 0 unspecified atom stereocenters. The van der Waals surface area contributed by atoms with Crippen LogP contribution in [0.1, 0.15) is 19.1 Å². The van der Waals surface area contributed by atoms with Gasteiger partial charge in [-0.15, -0.1) is 0 Å². The van der Waals surface area contributed by atoms with Crippen molar-refractivity contribution in [2.75, 3.05) is 5.32 Å². The predicted molar refractivity (Wildman–Crippen MR) is 84.6 cm³/mol. The first-order chi connectivity index (χ1) is 10.8. The summed E-state index contributed by atoms with van der Waals surface area (Å²) in [5.41, 5.74) is 0.953. The van der Waals surface area contributed by atoms with Gasteiger partial charge in [0.15, 0.2) is 0 Å². The van der Waals surface area contributed by atoms with Gasteiger partial charge in [0.05, 0.1) is 6.54 Å². The van der Waals surface area contributed by atoms with E-state index in [9.17, 15) is 0 Å². The molecule has 0 aliphatic rings. The predicted octanol–water partition coefficient (Wildman–Crippen LogP) is 3.61. The van der Waals surface area contributed by atoms with Gasteiger partial charge in [0.1, 0.15) is 11.5 Å². The molecule has 1 N–H and O–H groups in total.